The van der Waals surface area contributed by atoms with Crippen LogP contribution in [0.15, 0.2) is 18.3 Å². The van der Waals surface area contributed by atoms with Crippen LogP contribution < -0.4 is 4.90 Å². The van der Waals surface area contributed by atoms with Crippen LogP contribution >= 0.6 is 0 Å². The molecule has 0 saturated carbocycles. The quantitative estimate of drug-likeness (QED) is 0.884. The average Bonchev–Trinajstić information content (AvgIpc) is 2.38. The summed E-state index contributed by atoms with van der Waals surface area (Å²) < 4.78 is 0. The molecule has 0 amide bonds. The Morgan fingerprint density at radius 2 is 2.28 bits per heavy atom. The van der Waals surface area contributed by atoms with Gasteiger partial charge in [-0.05, 0) is 26.5 Å². The first-order valence-electron chi connectivity index (χ1n) is 6.75. The van der Waals surface area contributed by atoms with Gasteiger partial charge in [0.15, 0.2) is 0 Å². The highest BCUT2D eigenvalue weighted by atomic mass is 16.3. The highest BCUT2D eigenvalue weighted by Gasteiger charge is 2.25. The summed E-state index contributed by atoms with van der Waals surface area (Å²) in [5.74, 6) is 0.940. The molecule has 2 heterocycles. The summed E-state index contributed by atoms with van der Waals surface area (Å²) in [6.07, 6.45) is 1.34. The van der Waals surface area contributed by atoms with Crippen molar-refractivity contribution in [2.24, 2.45) is 0 Å². The summed E-state index contributed by atoms with van der Waals surface area (Å²) in [6.45, 7) is 10.4. The average molecular weight is 249 g/mol. The normalized spacial score (nSPS) is 23.1. The van der Waals surface area contributed by atoms with Gasteiger partial charge in [-0.25, -0.2) is 4.98 Å². The first-order chi connectivity index (χ1) is 8.63. The van der Waals surface area contributed by atoms with E-state index in [9.17, 15) is 5.11 Å². The Morgan fingerprint density at radius 3 is 2.89 bits per heavy atom. The van der Waals surface area contributed by atoms with Crippen molar-refractivity contribution in [3.05, 3.63) is 23.9 Å². The van der Waals surface area contributed by atoms with Crippen LogP contribution in [0.2, 0.25) is 0 Å². The van der Waals surface area contributed by atoms with Gasteiger partial charge in [0, 0.05) is 37.4 Å². The lowest BCUT2D eigenvalue weighted by molar-refractivity contribution is 0.191. The number of pyridine rings is 1. The van der Waals surface area contributed by atoms with Crippen molar-refractivity contribution in [3.63, 3.8) is 0 Å². The summed E-state index contributed by atoms with van der Waals surface area (Å²) in [6, 6.07) is 4.38. The van der Waals surface area contributed by atoms with Gasteiger partial charge in [0.1, 0.15) is 5.82 Å². The zero-order valence-corrected chi connectivity index (χ0v) is 11.5. The largest absolute Gasteiger partial charge is 0.389 e. The Bertz CT molecular complexity index is 394. The molecule has 100 valence electrons. The van der Waals surface area contributed by atoms with Crippen molar-refractivity contribution < 1.29 is 5.11 Å². The lowest BCUT2D eigenvalue weighted by Gasteiger charge is -2.40. The Morgan fingerprint density at radius 1 is 1.50 bits per heavy atom. The van der Waals surface area contributed by atoms with Crippen LogP contribution in [0.5, 0.6) is 0 Å². The Balaban J connectivity index is 2.18. The fourth-order valence-corrected chi connectivity index (χ4v) is 2.66. The van der Waals surface area contributed by atoms with E-state index in [1.165, 1.54) is 0 Å². The number of anilines is 1. The molecule has 2 unspecified atom stereocenters. The molecule has 0 aromatic carbocycles. The van der Waals surface area contributed by atoms with Crippen LogP contribution in [0.4, 0.5) is 5.82 Å². The second-order valence-corrected chi connectivity index (χ2v) is 5.02. The molecule has 4 nitrogen and oxygen atoms in total. The number of aromatic nitrogens is 1. The zero-order chi connectivity index (χ0) is 13.1. The molecule has 4 heteroatoms. The lowest BCUT2D eigenvalue weighted by Crippen LogP contribution is -2.52. The predicted octanol–water partition coefficient (Wildman–Crippen LogP) is 1.67. The molecule has 0 aliphatic carbocycles. The van der Waals surface area contributed by atoms with E-state index in [0.717, 1.165) is 37.6 Å². The number of likely N-dealkylation sites (N-methyl/N-ethyl adjacent to an activating group) is 1. The number of piperazine rings is 1. The molecule has 18 heavy (non-hydrogen) atoms. The molecule has 1 N–H and O–H groups in total. The monoisotopic (exact) mass is 249 g/mol. The molecular formula is C14H23N3O. The molecule has 0 spiro atoms. The number of hydrogen-bond donors (Lipinski definition) is 1. The van der Waals surface area contributed by atoms with Crippen LogP contribution in [0, 0.1) is 0 Å². The van der Waals surface area contributed by atoms with Crippen molar-refractivity contribution in [1.82, 2.24) is 9.88 Å². The maximum absolute atomic E-state index is 9.82. The van der Waals surface area contributed by atoms with Crippen LogP contribution in [0.1, 0.15) is 32.4 Å². The van der Waals surface area contributed by atoms with E-state index in [2.05, 4.69) is 28.6 Å². The van der Waals surface area contributed by atoms with E-state index >= 15 is 0 Å². The van der Waals surface area contributed by atoms with Gasteiger partial charge in [0.25, 0.3) is 0 Å². The number of nitrogens with zero attached hydrogens (tertiary/aromatic N) is 3. The first kappa shape index (κ1) is 13.3. The minimum Gasteiger partial charge on any atom is -0.389 e. The minimum absolute atomic E-state index is 0.465. The fraction of sp³-hybridized carbons (Fsp3) is 0.643. The second kappa shape index (κ2) is 5.67. The van der Waals surface area contributed by atoms with Crippen LogP contribution in [-0.2, 0) is 0 Å². The number of hydrogen-bond acceptors (Lipinski definition) is 4. The Hall–Kier alpha value is -1.13. The standard InChI is InChI=1S/C14H23N3O/c1-4-16-8-9-17(10-11(16)2)14-13(12(3)18)6-5-7-15-14/h5-7,11-12,18H,4,8-10H2,1-3H3. The maximum atomic E-state index is 9.82. The molecule has 1 saturated heterocycles. The van der Waals surface area contributed by atoms with Crippen LogP contribution in [0.25, 0.3) is 0 Å². The summed E-state index contributed by atoms with van der Waals surface area (Å²) >= 11 is 0. The third kappa shape index (κ3) is 2.65. The highest BCUT2D eigenvalue weighted by molar-refractivity contribution is 5.48. The highest BCUT2D eigenvalue weighted by Crippen LogP contribution is 2.25. The Kier molecular flexibility index (Phi) is 4.19. The van der Waals surface area contributed by atoms with Crippen LogP contribution in [-0.4, -0.2) is 47.2 Å². The zero-order valence-electron chi connectivity index (χ0n) is 11.5. The smallest absolute Gasteiger partial charge is 0.134 e. The van der Waals surface area contributed by atoms with Gasteiger partial charge in [-0.1, -0.05) is 13.0 Å². The van der Waals surface area contributed by atoms with E-state index in [1.54, 1.807) is 13.1 Å². The van der Waals surface area contributed by atoms with Gasteiger partial charge in [0.05, 0.1) is 6.10 Å². The predicted molar refractivity (Wildman–Crippen MR) is 73.8 cm³/mol. The van der Waals surface area contributed by atoms with Gasteiger partial charge in [-0.3, -0.25) is 4.90 Å². The van der Waals surface area contributed by atoms with Crippen LogP contribution in [0.3, 0.4) is 0 Å². The summed E-state index contributed by atoms with van der Waals surface area (Å²) in [5, 5.41) is 9.82. The van der Waals surface area contributed by atoms with Crippen molar-refractivity contribution in [2.75, 3.05) is 31.1 Å². The molecule has 0 radical (unpaired) electrons. The van der Waals surface area contributed by atoms with E-state index in [4.69, 9.17) is 0 Å². The van der Waals surface area contributed by atoms with E-state index in [-0.39, 0.29) is 0 Å². The molecule has 1 aliphatic rings. The molecule has 1 aliphatic heterocycles. The molecule has 2 atom stereocenters. The third-order valence-corrected chi connectivity index (χ3v) is 3.74. The SMILES string of the molecule is CCN1CCN(c2ncccc2C(C)O)CC1C. The lowest BCUT2D eigenvalue weighted by atomic mass is 10.1. The first-order valence-corrected chi connectivity index (χ1v) is 6.75. The molecular weight excluding hydrogens is 226 g/mol. The summed E-state index contributed by atoms with van der Waals surface area (Å²) in [4.78, 5) is 9.22. The van der Waals surface area contributed by atoms with Gasteiger partial charge in [0.2, 0.25) is 0 Å². The number of aliphatic hydroxyl groups excluding tert-OH is 1. The molecule has 1 aromatic rings. The van der Waals surface area contributed by atoms with Crippen molar-refractivity contribution >= 4 is 5.82 Å². The maximum Gasteiger partial charge on any atom is 0.134 e. The van der Waals surface area contributed by atoms with Gasteiger partial charge >= 0.3 is 0 Å². The minimum atomic E-state index is -0.465. The van der Waals surface area contributed by atoms with Crippen molar-refractivity contribution in [2.45, 2.75) is 32.9 Å². The van der Waals surface area contributed by atoms with Gasteiger partial charge in [-0.15, -0.1) is 0 Å². The van der Waals surface area contributed by atoms with Gasteiger partial charge < -0.3 is 10.0 Å². The fourth-order valence-electron chi connectivity index (χ4n) is 2.66. The second-order valence-electron chi connectivity index (χ2n) is 5.02. The van der Waals surface area contributed by atoms with E-state index in [1.807, 2.05) is 12.1 Å². The van der Waals surface area contributed by atoms with E-state index in [0.29, 0.717) is 6.04 Å². The summed E-state index contributed by atoms with van der Waals surface area (Å²) in [7, 11) is 0. The van der Waals surface area contributed by atoms with Gasteiger partial charge in [-0.2, -0.15) is 0 Å². The molecule has 0 bridgehead atoms. The number of rotatable bonds is 3. The third-order valence-electron chi connectivity index (χ3n) is 3.74. The van der Waals surface area contributed by atoms with Crippen molar-refractivity contribution in [1.29, 1.82) is 0 Å². The summed E-state index contributed by atoms with van der Waals surface area (Å²) in [5.41, 5.74) is 0.926. The topological polar surface area (TPSA) is 39.6 Å². The number of aliphatic hydroxyl groups is 1. The van der Waals surface area contributed by atoms with E-state index < -0.39 is 6.10 Å². The molecule has 2 rings (SSSR count). The Labute approximate surface area is 109 Å². The van der Waals surface area contributed by atoms with Crippen molar-refractivity contribution in [3.8, 4) is 0 Å². The molecule has 1 aromatic heterocycles. The molecule has 1 fully saturated rings.